The van der Waals surface area contributed by atoms with Crippen LogP contribution in [0.15, 0.2) is 48.7 Å². The topological polar surface area (TPSA) is 98.8 Å². The molecule has 8 nitrogen and oxygen atoms in total. The molecule has 0 saturated heterocycles. The number of hydrogen-bond acceptors (Lipinski definition) is 6. The van der Waals surface area contributed by atoms with Gasteiger partial charge in [0, 0.05) is 13.1 Å². The maximum atomic E-state index is 15.1. The lowest BCUT2D eigenvalue weighted by Gasteiger charge is -2.16. The number of aromatic nitrogens is 1. The zero-order chi connectivity index (χ0) is 28.3. The molecule has 1 aromatic heterocycles. The van der Waals surface area contributed by atoms with Gasteiger partial charge in [-0.05, 0) is 42.8 Å². The average Bonchev–Trinajstić information content (AvgIpc) is 2.81. The number of alkyl halides is 3. The summed E-state index contributed by atoms with van der Waals surface area (Å²) < 4.78 is 88.9. The summed E-state index contributed by atoms with van der Waals surface area (Å²) in [5.74, 6) is -4.77. The van der Waals surface area contributed by atoms with Crippen molar-refractivity contribution in [2.45, 2.75) is 13.3 Å². The Bertz CT molecular complexity index is 1350. The van der Waals surface area contributed by atoms with Gasteiger partial charge in [-0.3, -0.25) is 9.59 Å². The molecule has 35 heavy (non-hydrogen) atoms. The summed E-state index contributed by atoms with van der Waals surface area (Å²) in [4.78, 5) is 28.5. The van der Waals surface area contributed by atoms with Crippen molar-refractivity contribution < 1.29 is 45.5 Å². The molecule has 0 bridgehead atoms. The van der Waals surface area contributed by atoms with Gasteiger partial charge in [0.25, 0.3) is 11.8 Å². The normalized spacial score (nSPS) is 12.6. The fraction of sp³-hybridized carbons (Fsp3) is 0.174. The fourth-order valence-electron chi connectivity index (χ4n) is 2.85. The van der Waals surface area contributed by atoms with Gasteiger partial charge in [0.05, 0.1) is 23.0 Å². The van der Waals surface area contributed by atoms with E-state index in [-0.39, 0.29) is 16.9 Å². The monoisotopic (exact) mass is 496 g/mol. The number of aryl methyl sites for hydroxylation is 1. The molecule has 0 unspecified atom stereocenters. The lowest BCUT2D eigenvalue weighted by Crippen LogP contribution is -2.20. The zero-order valence-corrected chi connectivity index (χ0v) is 18.1. The average molecular weight is 496 g/mol. The highest BCUT2D eigenvalue weighted by Crippen LogP contribution is 2.38. The lowest BCUT2D eigenvalue weighted by molar-refractivity contribution is -0.274. The Morgan fingerprint density at radius 3 is 2.40 bits per heavy atom. The molecule has 1 heterocycles. The Morgan fingerprint density at radius 2 is 1.77 bits per heavy atom. The van der Waals surface area contributed by atoms with Gasteiger partial charge in [-0.15, -0.1) is 13.2 Å². The molecule has 3 rings (SSSR count). The molecule has 2 aromatic carbocycles. The second-order valence-corrected chi connectivity index (χ2v) is 6.90. The Balaban J connectivity index is 1.97. The first kappa shape index (κ1) is 21.2. The van der Waals surface area contributed by atoms with Crippen LogP contribution in [0.4, 0.5) is 23.2 Å². The van der Waals surface area contributed by atoms with E-state index in [9.17, 15) is 22.8 Å². The van der Waals surface area contributed by atoms with Crippen molar-refractivity contribution in [2.75, 3.05) is 19.4 Å². The van der Waals surface area contributed by atoms with E-state index < -0.39 is 59.6 Å². The number of pyridine rings is 1. The molecule has 0 aliphatic rings. The summed E-state index contributed by atoms with van der Waals surface area (Å²) in [6.07, 6.45) is -3.91. The van der Waals surface area contributed by atoms with Crippen LogP contribution in [0.5, 0.6) is 23.0 Å². The molecule has 12 heteroatoms. The van der Waals surface area contributed by atoms with Crippen molar-refractivity contribution in [1.29, 1.82) is 0 Å². The van der Waals surface area contributed by atoms with Crippen LogP contribution >= 0.6 is 0 Å². The number of carbonyl (C=O) groups excluding carboxylic acids is 2. The summed E-state index contributed by atoms with van der Waals surface area (Å²) in [5, 5.41) is 4.79. The SMILES string of the molecule is [2H]C([2H])([2H])Oc1cc(OC(F)(F)F)ccc1Oc1ccc(C)c(F)c1C(=O)Nc1ccc(C(=O)NC)nc1. The van der Waals surface area contributed by atoms with E-state index in [1.165, 1.54) is 44.4 Å². The van der Waals surface area contributed by atoms with Crippen LogP contribution in [-0.4, -0.2) is 37.2 Å². The summed E-state index contributed by atoms with van der Waals surface area (Å²) >= 11 is 0. The number of nitrogens with one attached hydrogen (secondary N) is 2. The molecule has 2 amide bonds. The minimum absolute atomic E-state index is 0.0588. The van der Waals surface area contributed by atoms with E-state index in [4.69, 9.17) is 13.6 Å². The van der Waals surface area contributed by atoms with E-state index in [0.717, 1.165) is 12.1 Å². The van der Waals surface area contributed by atoms with Crippen molar-refractivity contribution in [3.05, 3.63) is 71.3 Å². The maximum absolute atomic E-state index is 15.1. The van der Waals surface area contributed by atoms with E-state index in [1.54, 1.807) is 0 Å². The molecule has 0 saturated carbocycles. The minimum atomic E-state index is -5.07. The number of anilines is 1. The molecule has 2 N–H and O–H groups in total. The highest BCUT2D eigenvalue weighted by molar-refractivity contribution is 6.06. The van der Waals surface area contributed by atoms with Gasteiger partial charge in [-0.2, -0.15) is 0 Å². The number of nitrogens with zero attached hydrogens (tertiary/aromatic N) is 1. The van der Waals surface area contributed by atoms with Crippen molar-refractivity contribution in [1.82, 2.24) is 10.3 Å². The van der Waals surface area contributed by atoms with Crippen molar-refractivity contribution in [2.24, 2.45) is 0 Å². The lowest BCUT2D eigenvalue weighted by atomic mass is 10.1. The quantitative estimate of drug-likeness (QED) is 0.455. The van der Waals surface area contributed by atoms with Gasteiger partial charge in [-0.1, -0.05) is 6.07 Å². The number of carbonyl (C=O) groups is 2. The predicted octanol–water partition coefficient (Wildman–Crippen LogP) is 4.84. The first-order chi connectivity index (χ1) is 17.7. The molecular formula is C23H19F4N3O5. The van der Waals surface area contributed by atoms with Crippen LogP contribution in [0.2, 0.25) is 0 Å². The number of ether oxygens (including phenoxy) is 3. The maximum Gasteiger partial charge on any atom is 0.573 e. The largest absolute Gasteiger partial charge is 0.573 e. The summed E-state index contributed by atoms with van der Waals surface area (Å²) in [6, 6.07) is 7.50. The van der Waals surface area contributed by atoms with Crippen LogP contribution in [0.1, 0.15) is 30.5 Å². The van der Waals surface area contributed by atoms with Crippen LogP contribution in [-0.2, 0) is 0 Å². The third-order valence-corrected chi connectivity index (χ3v) is 4.48. The van der Waals surface area contributed by atoms with Crippen molar-refractivity contribution in [3.63, 3.8) is 0 Å². The first-order valence-corrected chi connectivity index (χ1v) is 9.72. The molecule has 0 spiro atoms. The van der Waals surface area contributed by atoms with Gasteiger partial charge in [0.1, 0.15) is 28.6 Å². The number of halogens is 4. The van der Waals surface area contributed by atoms with Crippen molar-refractivity contribution in [3.8, 4) is 23.0 Å². The van der Waals surface area contributed by atoms with Crippen LogP contribution < -0.4 is 24.8 Å². The molecule has 0 radical (unpaired) electrons. The van der Waals surface area contributed by atoms with Crippen LogP contribution in [0.25, 0.3) is 0 Å². The number of benzene rings is 2. The number of hydrogen-bond donors (Lipinski definition) is 2. The van der Waals surface area contributed by atoms with Gasteiger partial charge in [-0.25, -0.2) is 9.37 Å². The second-order valence-electron chi connectivity index (χ2n) is 6.90. The van der Waals surface area contributed by atoms with Gasteiger partial charge < -0.3 is 24.8 Å². The predicted molar refractivity (Wildman–Crippen MR) is 116 cm³/mol. The second kappa shape index (κ2) is 10.3. The third kappa shape index (κ3) is 6.16. The molecule has 184 valence electrons. The minimum Gasteiger partial charge on any atom is -0.493 e. The zero-order valence-electron chi connectivity index (χ0n) is 21.1. The van der Waals surface area contributed by atoms with Crippen molar-refractivity contribution >= 4 is 17.5 Å². The molecule has 3 aromatic rings. The van der Waals surface area contributed by atoms with Gasteiger partial charge >= 0.3 is 6.36 Å². The Kier molecular flexibility index (Phi) is 6.23. The summed E-state index contributed by atoms with van der Waals surface area (Å²) in [5.41, 5.74) is -0.370. The molecule has 0 aliphatic heterocycles. The number of amides is 2. The molecule has 0 fully saturated rings. The van der Waals surface area contributed by atoms with Crippen LogP contribution in [0, 0.1) is 12.7 Å². The summed E-state index contributed by atoms with van der Waals surface area (Å²) in [6.45, 7) is 1.38. The highest BCUT2D eigenvalue weighted by atomic mass is 19.4. The van der Waals surface area contributed by atoms with E-state index in [1.807, 2.05) is 0 Å². The Labute approximate surface area is 201 Å². The molecule has 0 atom stereocenters. The first-order valence-electron chi connectivity index (χ1n) is 11.2. The molecule has 0 aliphatic carbocycles. The Morgan fingerprint density at radius 1 is 1.03 bits per heavy atom. The van der Waals surface area contributed by atoms with E-state index >= 15 is 4.39 Å². The smallest absolute Gasteiger partial charge is 0.493 e. The fourth-order valence-corrected chi connectivity index (χ4v) is 2.85. The van der Waals surface area contributed by atoms with Crippen LogP contribution in [0.3, 0.4) is 0 Å². The third-order valence-electron chi connectivity index (χ3n) is 4.48. The Hall–Kier alpha value is -4.35. The van der Waals surface area contributed by atoms with Gasteiger partial charge in [0.2, 0.25) is 0 Å². The highest BCUT2D eigenvalue weighted by Gasteiger charge is 2.31. The number of rotatable bonds is 7. The standard InChI is InChI=1S/C23H19F4N3O5/c1-12-4-8-17(34-16-9-6-14(10-18(16)33-3)35-23(25,26)27)19(20(12)24)22(32)30-13-5-7-15(29-11-13)21(31)28-2/h4-11H,1-3H3,(H,28,31)(H,30,32)/i3D3. The number of methoxy groups -OCH3 is 1. The summed E-state index contributed by atoms with van der Waals surface area (Å²) in [7, 11) is -1.69. The van der Waals surface area contributed by atoms with Gasteiger partial charge in [0.15, 0.2) is 11.5 Å². The van der Waals surface area contributed by atoms with E-state index in [2.05, 4.69) is 20.4 Å². The van der Waals surface area contributed by atoms with E-state index in [0.29, 0.717) is 6.07 Å². The molecular weight excluding hydrogens is 474 g/mol.